The molecular formula is C13H17N3O2S. The van der Waals surface area contributed by atoms with E-state index < -0.39 is 0 Å². The number of aromatic nitrogens is 1. The van der Waals surface area contributed by atoms with Crippen LogP contribution in [0.2, 0.25) is 0 Å². The molecule has 1 aliphatic heterocycles. The molecule has 0 aliphatic carbocycles. The highest BCUT2D eigenvalue weighted by Gasteiger charge is 2.26. The van der Waals surface area contributed by atoms with Crippen LogP contribution in [-0.2, 0) is 16.1 Å². The number of rotatable bonds is 4. The monoisotopic (exact) mass is 279 g/mol. The van der Waals surface area contributed by atoms with Gasteiger partial charge in [0.25, 0.3) is 0 Å². The summed E-state index contributed by atoms with van der Waals surface area (Å²) >= 11 is 1.39. The summed E-state index contributed by atoms with van der Waals surface area (Å²) in [4.78, 5) is 26.2. The van der Waals surface area contributed by atoms with Crippen molar-refractivity contribution >= 4 is 23.3 Å². The molecule has 1 aromatic heterocycles. The summed E-state index contributed by atoms with van der Waals surface area (Å²) in [5.41, 5.74) is 0. The maximum absolute atomic E-state index is 12.0. The van der Waals surface area contributed by atoms with E-state index in [0.29, 0.717) is 32.5 Å². The van der Waals surface area contributed by atoms with Crippen LogP contribution < -0.4 is 5.32 Å². The highest BCUT2D eigenvalue weighted by molar-refractivity contribution is 7.05. The number of hydrogen-bond donors (Lipinski definition) is 1. The van der Waals surface area contributed by atoms with Crippen molar-refractivity contribution in [2.24, 2.45) is 5.92 Å². The average Bonchev–Trinajstić information content (AvgIpc) is 2.97. The molecule has 0 aromatic carbocycles. The van der Waals surface area contributed by atoms with Crippen molar-refractivity contribution in [2.45, 2.75) is 19.4 Å². The molecule has 19 heavy (non-hydrogen) atoms. The Morgan fingerprint density at radius 1 is 1.53 bits per heavy atom. The molecule has 2 heterocycles. The van der Waals surface area contributed by atoms with E-state index in [1.807, 2.05) is 6.07 Å². The van der Waals surface area contributed by atoms with Gasteiger partial charge in [-0.05, 0) is 36.5 Å². The zero-order valence-electron chi connectivity index (χ0n) is 10.7. The first-order valence-electron chi connectivity index (χ1n) is 6.29. The zero-order chi connectivity index (χ0) is 13.7. The van der Waals surface area contributed by atoms with E-state index in [1.165, 1.54) is 17.6 Å². The first-order chi connectivity index (χ1) is 9.20. The molecule has 0 saturated carbocycles. The van der Waals surface area contributed by atoms with Crippen LogP contribution in [0.4, 0.5) is 0 Å². The largest absolute Gasteiger partial charge is 0.351 e. The molecule has 0 atom stereocenters. The summed E-state index contributed by atoms with van der Waals surface area (Å²) < 4.78 is 3.99. The highest BCUT2D eigenvalue weighted by atomic mass is 32.1. The molecule has 0 bridgehead atoms. The van der Waals surface area contributed by atoms with Crippen LogP contribution >= 0.6 is 11.5 Å². The standard InChI is InChI=1S/C13H17N3O2S/c1-2-12(17)16-7-4-10(5-8-16)13(18)14-9-11-3-6-15-19-11/h2-3,6,10H,1,4-5,7-9H2,(H,14,18). The molecular weight excluding hydrogens is 262 g/mol. The van der Waals surface area contributed by atoms with E-state index in [2.05, 4.69) is 16.3 Å². The van der Waals surface area contributed by atoms with Crippen molar-refractivity contribution in [2.75, 3.05) is 13.1 Å². The van der Waals surface area contributed by atoms with Gasteiger partial charge in [-0.15, -0.1) is 0 Å². The second-order valence-corrected chi connectivity index (χ2v) is 5.42. The Hall–Kier alpha value is -1.69. The molecule has 0 spiro atoms. The lowest BCUT2D eigenvalue weighted by Crippen LogP contribution is -2.42. The van der Waals surface area contributed by atoms with Gasteiger partial charge in [0.1, 0.15) is 0 Å². The van der Waals surface area contributed by atoms with Gasteiger partial charge in [-0.1, -0.05) is 6.58 Å². The van der Waals surface area contributed by atoms with Crippen molar-refractivity contribution in [3.63, 3.8) is 0 Å². The fourth-order valence-corrected chi connectivity index (χ4v) is 2.66. The van der Waals surface area contributed by atoms with Crippen molar-refractivity contribution < 1.29 is 9.59 Å². The molecule has 1 N–H and O–H groups in total. The Kier molecular flexibility index (Phi) is 4.68. The van der Waals surface area contributed by atoms with Gasteiger partial charge in [0.2, 0.25) is 11.8 Å². The predicted octanol–water partition coefficient (Wildman–Crippen LogP) is 1.18. The number of nitrogens with one attached hydrogen (secondary N) is 1. The normalized spacial score (nSPS) is 16.1. The summed E-state index contributed by atoms with van der Waals surface area (Å²) in [6.45, 7) is 5.27. The van der Waals surface area contributed by atoms with Crippen LogP contribution in [0.5, 0.6) is 0 Å². The number of nitrogens with zero attached hydrogens (tertiary/aromatic N) is 2. The summed E-state index contributed by atoms with van der Waals surface area (Å²) in [5, 5.41) is 2.92. The number of piperidine rings is 1. The van der Waals surface area contributed by atoms with Crippen molar-refractivity contribution in [1.82, 2.24) is 14.6 Å². The van der Waals surface area contributed by atoms with E-state index >= 15 is 0 Å². The summed E-state index contributed by atoms with van der Waals surface area (Å²) in [6.07, 6.45) is 4.48. The Morgan fingerprint density at radius 2 is 2.26 bits per heavy atom. The first kappa shape index (κ1) is 13.7. The lowest BCUT2D eigenvalue weighted by Gasteiger charge is -2.30. The van der Waals surface area contributed by atoms with E-state index in [1.54, 1.807) is 11.1 Å². The fourth-order valence-electron chi connectivity index (χ4n) is 2.14. The maximum atomic E-state index is 12.0. The second-order valence-electron chi connectivity index (χ2n) is 4.50. The second kappa shape index (κ2) is 6.47. The first-order valence-corrected chi connectivity index (χ1v) is 7.06. The lowest BCUT2D eigenvalue weighted by atomic mass is 9.96. The maximum Gasteiger partial charge on any atom is 0.245 e. The minimum atomic E-state index is -0.0523. The Bertz CT molecular complexity index is 450. The average molecular weight is 279 g/mol. The number of carbonyl (C=O) groups is 2. The van der Waals surface area contributed by atoms with E-state index in [-0.39, 0.29) is 17.7 Å². The number of amides is 2. The summed E-state index contributed by atoms with van der Waals surface area (Å²) in [7, 11) is 0. The topological polar surface area (TPSA) is 62.3 Å². The Morgan fingerprint density at radius 3 is 2.84 bits per heavy atom. The molecule has 2 amide bonds. The summed E-state index contributed by atoms with van der Waals surface area (Å²) in [5.74, 6) is 0.0180. The smallest absolute Gasteiger partial charge is 0.245 e. The van der Waals surface area contributed by atoms with Gasteiger partial charge in [-0.25, -0.2) is 4.37 Å². The Labute approximate surface area is 116 Å². The number of likely N-dealkylation sites (tertiary alicyclic amines) is 1. The fraction of sp³-hybridized carbons (Fsp3) is 0.462. The molecule has 0 radical (unpaired) electrons. The number of hydrogen-bond acceptors (Lipinski definition) is 4. The molecule has 1 aliphatic rings. The quantitative estimate of drug-likeness (QED) is 0.842. The van der Waals surface area contributed by atoms with Crippen LogP contribution in [-0.4, -0.2) is 34.2 Å². The van der Waals surface area contributed by atoms with Gasteiger partial charge < -0.3 is 10.2 Å². The molecule has 6 heteroatoms. The molecule has 102 valence electrons. The van der Waals surface area contributed by atoms with Crippen molar-refractivity contribution in [3.05, 3.63) is 29.8 Å². The van der Waals surface area contributed by atoms with Crippen LogP contribution in [0.25, 0.3) is 0 Å². The van der Waals surface area contributed by atoms with Crippen molar-refractivity contribution in [3.8, 4) is 0 Å². The van der Waals surface area contributed by atoms with E-state index in [4.69, 9.17) is 0 Å². The third-order valence-electron chi connectivity index (χ3n) is 3.28. The van der Waals surface area contributed by atoms with Gasteiger partial charge in [0, 0.05) is 30.1 Å². The highest BCUT2D eigenvalue weighted by Crippen LogP contribution is 2.18. The molecule has 1 aromatic rings. The SMILES string of the molecule is C=CC(=O)N1CCC(C(=O)NCc2ccns2)CC1. The van der Waals surface area contributed by atoms with E-state index in [9.17, 15) is 9.59 Å². The lowest BCUT2D eigenvalue weighted by molar-refractivity contribution is -0.132. The van der Waals surface area contributed by atoms with Crippen LogP contribution in [0, 0.1) is 5.92 Å². The number of carbonyl (C=O) groups excluding carboxylic acids is 2. The van der Waals surface area contributed by atoms with Crippen LogP contribution in [0.1, 0.15) is 17.7 Å². The minimum absolute atomic E-state index is 0.00165. The third-order valence-corrected chi connectivity index (χ3v) is 4.02. The molecule has 1 saturated heterocycles. The predicted molar refractivity (Wildman–Crippen MR) is 73.5 cm³/mol. The summed E-state index contributed by atoms with van der Waals surface area (Å²) in [6, 6.07) is 1.90. The van der Waals surface area contributed by atoms with Gasteiger partial charge in [0.15, 0.2) is 0 Å². The minimum Gasteiger partial charge on any atom is -0.351 e. The van der Waals surface area contributed by atoms with E-state index in [0.717, 1.165) is 4.88 Å². The van der Waals surface area contributed by atoms with Gasteiger partial charge >= 0.3 is 0 Å². The molecule has 1 fully saturated rings. The zero-order valence-corrected chi connectivity index (χ0v) is 11.5. The van der Waals surface area contributed by atoms with Gasteiger partial charge in [-0.3, -0.25) is 9.59 Å². The molecule has 5 nitrogen and oxygen atoms in total. The van der Waals surface area contributed by atoms with Gasteiger partial charge in [0.05, 0.1) is 6.54 Å². The Balaban J connectivity index is 1.76. The molecule has 2 rings (SSSR count). The third kappa shape index (κ3) is 3.64. The molecule has 0 unspecified atom stereocenters. The van der Waals surface area contributed by atoms with Gasteiger partial charge in [-0.2, -0.15) is 0 Å². The van der Waals surface area contributed by atoms with Crippen LogP contribution in [0.15, 0.2) is 24.9 Å². The van der Waals surface area contributed by atoms with Crippen LogP contribution in [0.3, 0.4) is 0 Å². The van der Waals surface area contributed by atoms with Crippen molar-refractivity contribution in [1.29, 1.82) is 0 Å².